The summed E-state index contributed by atoms with van der Waals surface area (Å²) in [5.74, 6) is 0.617. The quantitative estimate of drug-likeness (QED) is 0.875. The number of hydrogen-bond acceptors (Lipinski definition) is 2. The van der Waals surface area contributed by atoms with Gasteiger partial charge in [-0.25, -0.2) is 0 Å². The van der Waals surface area contributed by atoms with Crippen LogP contribution in [0.5, 0.6) is 0 Å². The van der Waals surface area contributed by atoms with Crippen LogP contribution in [0.2, 0.25) is 0 Å². The zero-order valence-electron chi connectivity index (χ0n) is 11.9. The van der Waals surface area contributed by atoms with Gasteiger partial charge in [0, 0.05) is 12.7 Å². The maximum absolute atomic E-state index is 12.4. The summed E-state index contributed by atoms with van der Waals surface area (Å²) in [5, 5.41) is 12.7. The predicted molar refractivity (Wildman–Crippen MR) is 75.0 cm³/mol. The molecule has 1 aromatic rings. The van der Waals surface area contributed by atoms with Gasteiger partial charge in [0.25, 0.3) is 5.91 Å². The second kappa shape index (κ2) is 5.78. The van der Waals surface area contributed by atoms with Crippen molar-refractivity contribution in [2.24, 2.45) is 5.92 Å². The minimum Gasteiger partial charge on any atom is -0.394 e. The topological polar surface area (TPSA) is 54.3 Å². The van der Waals surface area contributed by atoms with Gasteiger partial charge in [-0.3, -0.25) is 4.79 Å². The summed E-state index contributed by atoms with van der Waals surface area (Å²) in [6.45, 7) is 5.05. The van der Waals surface area contributed by atoms with Crippen molar-refractivity contribution < 1.29 is 9.90 Å². The summed E-state index contributed by atoms with van der Waals surface area (Å²) in [6, 6.07) is 3.71. The Morgan fingerprint density at radius 1 is 1.53 bits per heavy atom. The maximum Gasteiger partial charge on any atom is 0.268 e. The van der Waals surface area contributed by atoms with Crippen molar-refractivity contribution in [2.45, 2.75) is 51.6 Å². The molecule has 1 aliphatic rings. The first-order valence-electron chi connectivity index (χ1n) is 7.19. The monoisotopic (exact) mass is 264 g/mol. The molecule has 1 saturated carbocycles. The average molecular weight is 264 g/mol. The van der Waals surface area contributed by atoms with Gasteiger partial charge in [-0.15, -0.1) is 0 Å². The van der Waals surface area contributed by atoms with E-state index in [0.717, 1.165) is 32.2 Å². The average Bonchev–Trinajstić information content (AvgIpc) is 2.90. The number of aryl methyl sites for hydroxylation is 1. The van der Waals surface area contributed by atoms with E-state index >= 15 is 0 Å². The number of carbonyl (C=O) groups excluding carboxylic acids is 1. The molecule has 4 heteroatoms. The molecule has 19 heavy (non-hydrogen) atoms. The Morgan fingerprint density at radius 2 is 2.21 bits per heavy atom. The van der Waals surface area contributed by atoms with E-state index in [1.807, 2.05) is 29.8 Å². The molecule has 2 N–H and O–H groups in total. The summed E-state index contributed by atoms with van der Waals surface area (Å²) in [4.78, 5) is 12.4. The zero-order chi connectivity index (χ0) is 13.9. The van der Waals surface area contributed by atoms with Crippen LogP contribution in [0, 0.1) is 5.92 Å². The van der Waals surface area contributed by atoms with E-state index in [1.165, 1.54) is 0 Å². The summed E-state index contributed by atoms with van der Waals surface area (Å²) in [5.41, 5.74) is 0.251. The Hall–Kier alpha value is -1.29. The summed E-state index contributed by atoms with van der Waals surface area (Å²) in [7, 11) is 0. The molecular weight excluding hydrogens is 240 g/mol. The Bertz CT molecular complexity index is 431. The number of aliphatic hydroxyl groups excluding tert-OH is 1. The number of aromatic nitrogens is 1. The molecule has 4 nitrogen and oxygen atoms in total. The van der Waals surface area contributed by atoms with Gasteiger partial charge in [0.15, 0.2) is 0 Å². The Kier molecular flexibility index (Phi) is 4.30. The fourth-order valence-electron chi connectivity index (χ4n) is 2.84. The van der Waals surface area contributed by atoms with Crippen LogP contribution in [0.3, 0.4) is 0 Å². The minimum absolute atomic E-state index is 0.0261. The van der Waals surface area contributed by atoms with Gasteiger partial charge < -0.3 is 15.0 Å². The van der Waals surface area contributed by atoms with Crippen molar-refractivity contribution in [3.63, 3.8) is 0 Å². The maximum atomic E-state index is 12.4. The van der Waals surface area contributed by atoms with Crippen molar-refractivity contribution in [1.82, 2.24) is 9.88 Å². The van der Waals surface area contributed by atoms with Crippen LogP contribution >= 0.6 is 0 Å². The van der Waals surface area contributed by atoms with E-state index in [9.17, 15) is 9.90 Å². The molecule has 0 spiro atoms. The Labute approximate surface area is 114 Å². The minimum atomic E-state index is -0.424. The fourth-order valence-corrected chi connectivity index (χ4v) is 2.84. The molecule has 2 rings (SSSR count). The van der Waals surface area contributed by atoms with Crippen LogP contribution in [-0.4, -0.2) is 27.7 Å². The van der Waals surface area contributed by atoms with E-state index in [1.54, 1.807) is 0 Å². The standard InChI is InChI=1S/C15H24N2O2/c1-3-17-10-4-5-13(17)14(19)16-15(11-18)8-6-12(2)7-9-15/h4-5,10,12,18H,3,6-9,11H2,1-2H3,(H,16,19). The van der Waals surface area contributed by atoms with Crippen LogP contribution in [0.4, 0.5) is 0 Å². The van der Waals surface area contributed by atoms with Gasteiger partial charge in [-0.2, -0.15) is 0 Å². The predicted octanol–water partition coefficient (Wildman–Crippen LogP) is 2.18. The number of aliphatic hydroxyl groups is 1. The lowest BCUT2D eigenvalue weighted by Crippen LogP contribution is -2.53. The molecule has 1 aliphatic carbocycles. The van der Waals surface area contributed by atoms with Crippen LogP contribution in [-0.2, 0) is 6.54 Å². The van der Waals surface area contributed by atoms with Crippen LogP contribution in [0.25, 0.3) is 0 Å². The molecule has 0 atom stereocenters. The van der Waals surface area contributed by atoms with E-state index in [2.05, 4.69) is 12.2 Å². The number of carbonyl (C=O) groups is 1. The highest BCUT2D eigenvalue weighted by molar-refractivity contribution is 5.93. The molecule has 0 saturated heterocycles. The second-order valence-corrected chi connectivity index (χ2v) is 5.75. The molecule has 1 fully saturated rings. The first-order valence-corrected chi connectivity index (χ1v) is 7.19. The smallest absolute Gasteiger partial charge is 0.268 e. The number of rotatable bonds is 4. The Morgan fingerprint density at radius 3 is 2.79 bits per heavy atom. The van der Waals surface area contributed by atoms with Gasteiger partial charge in [-0.1, -0.05) is 6.92 Å². The van der Waals surface area contributed by atoms with Crippen molar-refractivity contribution in [3.05, 3.63) is 24.0 Å². The number of amides is 1. The molecule has 1 amide bonds. The molecule has 0 aliphatic heterocycles. The number of nitrogens with one attached hydrogen (secondary N) is 1. The summed E-state index contributed by atoms with van der Waals surface area (Å²) >= 11 is 0. The Balaban J connectivity index is 2.08. The van der Waals surface area contributed by atoms with Crippen LogP contribution < -0.4 is 5.32 Å². The zero-order valence-corrected chi connectivity index (χ0v) is 11.9. The molecule has 1 aromatic heterocycles. The van der Waals surface area contributed by atoms with E-state index in [0.29, 0.717) is 11.6 Å². The molecule has 0 bridgehead atoms. The third-order valence-corrected chi connectivity index (χ3v) is 4.32. The largest absolute Gasteiger partial charge is 0.394 e. The van der Waals surface area contributed by atoms with E-state index < -0.39 is 5.54 Å². The van der Waals surface area contributed by atoms with Gasteiger partial charge in [0.05, 0.1) is 12.1 Å². The molecule has 106 valence electrons. The number of nitrogens with zero attached hydrogens (tertiary/aromatic N) is 1. The highest BCUT2D eigenvalue weighted by Crippen LogP contribution is 2.31. The van der Waals surface area contributed by atoms with E-state index in [-0.39, 0.29) is 12.5 Å². The molecule has 0 radical (unpaired) electrons. The first-order chi connectivity index (χ1) is 9.10. The number of hydrogen-bond donors (Lipinski definition) is 2. The van der Waals surface area contributed by atoms with Crippen molar-refractivity contribution in [3.8, 4) is 0 Å². The van der Waals surface area contributed by atoms with Crippen molar-refractivity contribution in [2.75, 3.05) is 6.61 Å². The van der Waals surface area contributed by atoms with Gasteiger partial charge in [0.2, 0.25) is 0 Å². The van der Waals surface area contributed by atoms with Crippen LogP contribution in [0.1, 0.15) is 50.0 Å². The normalized spacial score (nSPS) is 27.2. The lowest BCUT2D eigenvalue weighted by atomic mass is 9.77. The molecule has 0 unspecified atom stereocenters. The molecule has 1 heterocycles. The lowest BCUT2D eigenvalue weighted by molar-refractivity contribution is 0.0709. The van der Waals surface area contributed by atoms with E-state index in [4.69, 9.17) is 0 Å². The summed E-state index contributed by atoms with van der Waals surface area (Å²) in [6.07, 6.45) is 5.77. The molecule has 0 aromatic carbocycles. The second-order valence-electron chi connectivity index (χ2n) is 5.75. The highest BCUT2D eigenvalue weighted by Gasteiger charge is 2.35. The fraction of sp³-hybridized carbons (Fsp3) is 0.667. The SMILES string of the molecule is CCn1cccc1C(=O)NC1(CO)CCC(C)CC1. The third-order valence-electron chi connectivity index (χ3n) is 4.32. The summed E-state index contributed by atoms with van der Waals surface area (Å²) < 4.78 is 1.92. The highest BCUT2D eigenvalue weighted by atomic mass is 16.3. The van der Waals surface area contributed by atoms with Gasteiger partial charge in [0.1, 0.15) is 5.69 Å². The van der Waals surface area contributed by atoms with Gasteiger partial charge >= 0.3 is 0 Å². The lowest BCUT2D eigenvalue weighted by Gasteiger charge is -2.38. The van der Waals surface area contributed by atoms with Crippen LogP contribution in [0.15, 0.2) is 18.3 Å². The van der Waals surface area contributed by atoms with Crippen molar-refractivity contribution >= 4 is 5.91 Å². The van der Waals surface area contributed by atoms with Gasteiger partial charge in [-0.05, 0) is 50.7 Å². The third kappa shape index (κ3) is 3.00. The molecular formula is C15H24N2O2. The first kappa shape index (κ1) is 14.1. The van der Waals surface area contributed by atoms with Crippen molar-refractivity contribution in [1.29, 1.82) is 0 Å².